The lowest BCUT2D eigenvalue weighted by atomic mass is 10.1. The van der Waals surface area contributed by atoms with E-state index in [1.807, 2.05) is 0 Å². The molecule has 0 spiro atoms. The number of phenols is 1. The molecule has 2 aromatic carbocycles. The zero-order chi connectivity index (χ0) is 18.4. The number of carbonyl (C=O) groups is 2. The van der Waals surface area contributed by atoms with Gasteiger partial charge in [-0.05, 0) is 49.2 Å². The number of halogens is 2. The molecule has 0 aromatic heterocycles. The Morgan fingerprint density at radius 3 is 2.60 bits per heavy atom. The van der Waals surface area contributed by atoms with Gasteiger partial charge in [0.1, 0.15) is 17.1 Å². The van der Waals surface area contributed by atoms with E-state index >= 15 is 0 Å². The van der Waals surface area contributed by atoms with E-state index < -0.39 is 18.0 Å². The SMILES string of the molecule is C[C@@H](OC(=O)c1cc(Cl)ccc1O)C(=O)NCCc1ccc(F)cc1. The lowest BCUT2D eigenvalue weighted by Gasteiger charge is -2.14. The maximum atomic E-state index is 12.8. The van der Waals surface area contributed by atoms with Crippen LogP contribution in [0.3, 0.4) is 0 Å². The molecule has 0 aliphatic heterocycles. The average Bonchev–Trinajstić information content (AvgIpc) is 2.58. The molecule has 0 bridgehead atoms. The van der Waals surface area contributed by atoms with Gasteiger partial charge in [0, 0.05) is 11.6 Å². The third-order valence-corrected chi connectivity index (χ3v) is 3.69. The van der Waals surface area contributed by atoms with Crippen molar-refractivity contribution in [3.63, 3.8) is 0 Å². The van der Waals surface area contributed by atoms with Crippen LogP contribution in [0.4, 0.5) is 4.39 Å². The van der Waals surface area contributed by atoms with E-state index in [0.29, 0.717) is 13.0 Å². The van der Waals surface area contributed by atoms with Crippen LogP contribution >= 0.6 is 11.6 Å². The molecule has 25 heavy (non-hydrogen) atoms. The Hall–Kier alpha value is -2.60. The van der Waals surface area contributed by atoms with Gasteiger partial charge >= 0.3 is 5.97 Å². The average molecular weight is 366 g/mol. The van der Waals surface area contributed by atoms with Gasteiger partial charge in [-0.15, -0.1) is 0 Å². The topological polar surface area (TPSA) is 75.6 Å². The van der Waals surface area contributed by atoms with Crippen LogP contribution in [-0.4, -0.2) is 29.6 Å². The summed E-state index contributed by atoms with van der Waals surface area (Å²) in [6.45, 7) is 1.74. The molecule has 1 atom stereocenters. The number of hydrogen-bond acceptors (Lipinski definition) is 4. The molecule has 7 heteroatoms. The molecule has 0 saturated carbocycles. The van der Waals surface area contributed by atoms with Crippen LogP contribution < -0.4 is 5.32 Å². The quantitative estimate of drug-likeness (QED) is 0.771. The lowest BCUT2D eigenvalue weighted by Crippen LogP contribution is -2.36. The van der Waals surface area contributed by atoms with E-state index in [4.69, 9.17) is 16.3 Å². The van der Waals surface area contributed by atoms with Crippen molar-refractivity contribution in [2.24, 2.45) is 0 Å². The first kappa shape index (κ1) is 18.7. The van der Waals surface area contributed by atoms with E-state index in [9.17, 15) is 19.1 Å². The minimum absolute atomic E-state index is 0.113. The van der Waals surface area contributed by atoms with Gasteiger partial charge in [-0.1, -0.05) is 23.7 Å². The van der Waals surface area contributed by atoms with Gasteiger partial charge in [0.05, 0.1) is 0 Å². The van der Waals surface area contributed by atoms with Gasteiger partial charge in [0.15, 0.2) is 6.10 Å². The van der Waals surface area contributed by atoms with E-state index in [0.717, 1.165) is 5.56 Å². The maximum absolute atomic E-state index is 12.8. The summed E-state index contributed by atoms with van der Waals surface area (Å²) in [7, 11) is 0. The van der Waals surface area contributed by atoms with E-state index in [2.05, 4.69) is 5.32 Å². The third-order valence-electron chi connectivity index (χ3n) is 3.46. The number of phenolic OH excluding ortho intramolecular Hbond substituents is 1. The zero-order valence-electron chi connectivity index (χ0n) is 13.5. The van der Waals surface area contributed by atoms with Gasteiger partial charge in [0.25, 0.3) is 5.91 Å². The molecule has 5 nitrogen and oxygen atoms in total. The minimum Gasteiger partial charge on any atom is -0.507 e. The fourth-order valence-electron chi connectivity index (χ4n) is 2.07. The van der Waals surface area contributed by atoms with E-state index in [-0.39, 0.29) is 22.2 Å². The second-order valence-corrected chi connectivity index (χ2v) is 5.81. The summed E-state index contributed by atoms with van der Waals surface area (Å²) in [6, 6.07) is 9.92. The number of benzene rings is 2. The van der Waals surface area contributed by atoms with Crippen LogP contribution in [0.15, 0.2) is 42.5 Å². The summed E-state index contributed by atoms with van der Waals surface area (Å²) in [6.07, 6.45) is -0.527. The third kappa shape index (κ3) is 5.46. The molecule has 0 heterocycles. The number of aromatic hydroxyl groups is 1. The summed E-state index contributed by atoms with van der Waals surface area (Å²) >= 11 is 5.77. The minimum atomic E-state index is -1.04. The fraction of sp³-hybridized carbons (Fsp3) is 0.222. The van der Waals surface area contributed by atoms with Crippen molar-refractivity contribution in [2.75, 3.05) is 6.54 Å². The standard InChI is InChI=1S/C18H17ClFNO4/c1-11(25-18(24)15-10-13(19)4-7-16(15)22)17(23)21-9-8-12-2-5-14(20)6-3-12/h2-7,10-11,22H,8-9H2,1H3,(H,21,23)/t11-/m1/s1. The Kier molecular flexibility index (Phi) is 6.36. The van der Waals surface area contributed by atoms with Crippen LogP contribution in [0.1, 0.15) is 22.8 Å². The first-order valence-electron chi connectivity index (χ1n) is 7.58. The maximum Gasteiger partial charge on any atom is 0.342 e. The van der Waals surface area contributed by atoms with E-state index in [1.165, 1.54) is 37.3 Å². The summed E-state index contributed by atoms with van der Waals surface area (Å²) < 4.78 is 17.8. The van der Waals surface area contributed by atoms with Gasteiger partial charge in [-0.25, -0.2) is 9.18 Å². The Bertz CT molecular complexity index is 764. The molecule has 0 unspecified atom stereocenters. The van der Waals surface area contributed by atoms with E-state index in [1.54, 1.807) is 12.1 Å². The van der Waals surface area contributed by atoms with Crippen molar-refractivity contribution in [2.45, 2.75) is 19.4 Å². The van der Waals surface area contributed by atoms with Crippen LogP contribution in [0, 0.1) is 5.82 Å². The molecule has 2 rings (SSSR count). The molecule has 0 saturated heterocycles. The highest BCUT2D eigenvalue weighted by atomic mass is 35.5. The van der Waals surface area contributed by atoms with Crippen LogP contribution in [0.25, 0.3) is 0 Å². The number of amides is 1. The Morgan fingerprint density at radius 2 is 1.92 bits per heavy atom. The van der Waals surface area contributed by atoms with Crippen molar-refractivity contribution in [3.8, 4) is 5.75 Å². The smallest absolute Gasteiger partial charge is 0.342 e. The highest BCUT2D eigenvalue weighted by Gasteiger charge is 2.21. The summed E-state index contributed by atoms with van der Waals surface area (Å²) in [5.74, 6) is -1.92. The van der Waals surface area contributed by atoms with Crippen molar-refractivity contribution >= 4 is 23.5 Å². The second-order valence-electron chi connectivity index (χ2n) is 5.38. The van der Waals surface area contributed by atoms with Gasteiger partial charge in [0.2, 0.25) is 0 Å². The predicted molar refractivity (Wildman–Crippen MR) is 91.1 cm³/mol. The molecule has 2 N–H and O–H groups in total. The number of carbonyl (C=O) groups excluding carboxylic acids is 2. The fourth-order valence-corrected chi connectivity index (χ4v) is 2.25. The summed E-state index contributed by atoms with van der Waals surface area (Å²) in [5, 5.41) is 12.6. The Balaban J connectivity index is 1.84. The molecule has 2 aromatic rings. The van der Waals surface area contributed by atoms with Gasteiger partial charge in [-0.3, -0.25) is 4.79 Å². The lowest BCUT2D eigenvalue weighted by molar-refractivity contribution is -0.129. The van der Waals surface area contributed by atoms with Crippen LogP contribution in [0.2, 0.25) is 5.02 Å². The number of rotatable bonds is 6. The van der Waals surface area contributed by atoms with Crippen molar-refractivity contribution in [1.29, 1.82) is 0 Å². The van der Waals surface area contributed by atoms with Crippen molar-refractivity contribution < 1.29 is 23.8 Å². The van der Waals surface area contributed by atoms with Crippen LogP contribution in [-0.2, 0) is 16.0 Å². The summed E-state index contributed by atoms with van der Waals surface area (Å²) in [5.41, 5.74) is 0.758. The molecular weight excluding hydrogens is 349 g/mol. The predicted octanol–water partition coefficient (Wildman–Crippen LogP) is 3.09. The number of nitrogens with one attached hydrogen (secondary N) is 1. The first-order chi connectivity index (χ1) is 11.9. The molecule has 132 valence electrons. The molecular formula is C18H17ClFNO4. The normalized spacial score (nSPS) is 11.6. The Morgan fingerprint density at radius 1 is 1.24 bits per heavy atom. The molecule has 0 aliphatic carbocycles. The molecule has 1 amide bonds. The highest BCUT2D eigenvalue weighted by Crippen LogP contribution is 2.22. The number of ether oxygens (including phenoxy) is 1. The summed E-state index contributed by atoms with van der Waals surface area (Å²) in [4.78, 5) is 24.0. The molecule has 0 radical (unpaired) electrons. The van der Waals surface area contributed by atoms with Crippen molar-refractivity contribution in [1.82, 2.24) is 5.32 Å². The first-order valence-corrected chi connectivity index (χ1v) is 7.96. The largest absolute Gasteiger partial charge is 0.507 e. The zero-order valence-corrected chi connectivity index (χ0v) is 14.2. The van der Waals surface area contributed by atoms with Gasteiger partial charge < -0.3 is 15.2 Å². The molecule has 0 aliphatic rings. The number of hydrogen-bond donors (Lipinski definition) is 2. The van der Waals surface area contributed by atoms with Gasteiger partial charge in [-0.2, -0.15) is 0 Å². The monoisotopic (exact) mass is 365 g/mol. The molecule has 0 fully saturated rings. The van der Waals surface area contributed by atoms with Crippen molar-refractivity contribution in [3.05, 3.63) is 64.4 Å². The second kappa shape index (κ2) is 8.48. The number of esters is 1. The highest BCUT2D eigenvalue weighted by molar-refractivity contribution is 6.31. The Labute approximate surface area is 149 Å². The van der Waals surface area contributed by atoms with Crippen LogP contribution in [0.5, 0.6) is 5.75 Å².